The first-order valence-corrected chi connectivity index (χ1v) is 5.58. The van der Waals surface area contributed by atoms with Crippen molar-refractivity contribution in [1.29, 1.82) is 0 Å². The van der Waals surface area contributed by atoms with Crippen LogP contribution in [-0.2, 0) is 0 Å². The summed E-state index contributed by atoms with van der Waals surface area (Å²) in [7, 11) is 0. The lowest BCUT2D eigenvalue weighted by Crippen LogP contribution is -2.03. The lowest BCUT2D eigenvalue weighted by molar-refractivity contribution is 0.311. The molecule has 0 fully saturated rings. The molecule has 84 valence electrons. The number of fused-ring (bicyclic) bond motifs is 1. The summed E-state index contributed by atoms with van der Waals surface area (Å²) in [5.41, 5.74) is 6.36. The molecule has 2 aromatic rings. The molecule has 0 amide bonds. The SMILES string of the molecule is NCCCCOc1cccc2cccnc12. The van der Waals surface area contributed by atoms with E-state index in [0.717, 1.165) is 36.0 Å². The second kappa shape index (κ2) is 5.47. The minimum atomic E-state index is 0.701. The number of unbranched alkanes of at least 4 members (excludes halogenated alkanes) is 1. The van der Waals surface area contributed by atoms with Crippen molar-refractivity contribution in [2.75, 3.05) is 13.2 Å². The van der Waals surface area contributed by atoms with E-state index < -0.39 is 0 Å². The van der Waals surface area contributed by atoms with Crippen molar-refractivity contribution in [2.24, 2.45) is 5.73 Å². The second-order valence-electron chi connectivity index (χ2n) is 3.68. The van der Waals surface area contributed by atoms with Gasteiger partial charge >= 0.3 is 0 Å². The van der Waals surface area contributed by atoms with E-state index in [-0.39, 0.29) is 0 Å². The highest BCUT2D eigenvalue weighted by atomic mass is 16.5. The Kier molecular flexibility index (Phi) is 3.72. The van der Waals surface area contributed by atoms with Crippen molar-refractivity contribution >= 4 is 10.9 Å². The zero-order valence-electron chi connectivity index (χ0n) is 9.23. The fourth-order valence-electron chi connectivity index (χ4n) is 1.62. The van der Waals surface area contributed by atoms with Gasteiger partial charge in [-0.25, -0.2) is 0 Å². The Bertz CT molecular complexity index is 451. The minimum Gasteiger partial charge on any atom is -0.491 e. The third-order valence-electron chi connectivity index (χ3n) is 2.45. The zero-order valence-corrected chi connectivity index (χ0v) is 9.23. The summed E-state index contributed by atoms with van der Waals surface area (Å²) < 4.78 is 5.70. The summed E-state index contributed by atoms with van der Waals surface area (Å²) in [4.78, 5) is 4.33. The first kappa shape index (κ1) is 10.9. The highest BCUT2D eigenvalue weighted by molar-refractivity contribution is 5.84. The number of nitrogens with zero attached hydrogens (tertiary/aromatic N) is 1. The third-order valence-corrected chi connectivity index (χ3v) is 2.45. The lowest BCUT2D eigenvalue weighted by Gasteiger charge is -2.07. The fourth-order valence-corrected chi connectivity index (χ4v) is 1.62. The van der Waals surface area contributed by atoms with E-state index >= 15 is 0 Å². The number of para-hydroxylation sites is 1. The van der Waals surface area contributed by atoms with Gasteiger partial charge in [0, 0.05) is 11.6 Å². The van der Waals surface area contributed by atoms with Gasteiger partial charge < -0.3 is 10.5 Å². The first-order chi connectivity index (χ1) is 7.92. The molecule has 3 heteroatoms. The summed E-state index contributed by atoms with van der Waals surface area (Å²) in [5.74, 6) is 0.857. The molecule has 0 unspecified atom stereocenters. The van der Waals surface area contributed by atoms with Crippen LogP contribution < -0.4 is 10.5 Å². The standard InChI is InChI=1S/C13H16N2O/c14-8-1-2-10-16-12-7-3-5-11-6-4-9-15-13(11)12/h3-7,9H,1-2,8,10,14H2. The van der Waals surface area contributed by atoms with Gasteiger partial charge in [0.15, 0.2) is 0 Å². The molecule has 0 aliphatic rings. The molecule has 0 radical (unpaired) electrons. The number of rotatable bonds is 5. The molecular formula is C13H16N2O. The number of nitrogens with two attached hydrogens (primary N) is 1. The molecule has 0 aliphatic carbocycles. The van der Waals surface area contributed by atoms with Crippen LogP contribution in [0.1, 0.15) is 12.8 Å². The molecule has 16 heavy (non-hydrogen) atoms. The van der Waals surface area contributed by atoms with Crippen molar-refractivity contribution in [1.82, 2.24) is 4.98 Å². The number of hydrogen-bond acceptors (Lipinski definition) is 3. The van der Waals surface area contributed by atoms with Gasteiger partial charge in [0.05, 0.1) is 6.61 Å². The van der Waals surface area contributed by atoms with Crippen LogP contribution in [-0.4, -0.2) is 18.1 Å². The number of ether oxygens (including phenoxy) is 1. The van der Waals surface area contributed by atoms with E-state index in [1.165, 1.54) is 0 Å². The molecule has 3 nitrogen and oxygen atoms in total. The van der Waals surface area contributed by atoms with Crippen LogP contribution in [0.5, 0.6) is 5.75 Å². The maximum Gasteiger partial charge on any atom is 0.145 e. The summed E-state index contributed by atoms with van der Waals surface area (Å²) >= 11 is 0. The van der Waals surface area contributed by atoms with Crippen LogP contribution in [0.3, 0.4) is 0 Å². The van der Waals surface area contributed by atoms with Gasteiger partial charge in [-0.2, -0.15) is 0 Å². The smallest absolute Gasteiger partial charge is 0.145 e. The van der Waals surface area contributed by atoms with Crippen LogP contribution in [0.15, 0.2) is 36.5 Å². The third kappa shape index (κ3) is 2.49. The predicted molar refractivity (Wildman–Crippen MR) is 65.5 cm³/mol. The molecule has 0 saturated heterocycles. The van der Waals surface area contributed by atoms with Gasteiger partial charge in [-0.15, -0.1) is 0 Å². The van der Waals surface area contributed by atoms with Crippen molar-refractivity contribution in [3.05, 3.63) is 36.5 Å². The highest BCUT2D eigenvalue weighted by Crippen LogP contribution is 2.22. The van der Waals surface area contributed by atoms with Crippen LogP contribution in [0.2, 0.25) is 0 Å². The summed E-state index contributed by atoms with van der Waals surface area (Å²) in [6.45, 7) is 1.42. The summed E-state index contributed by atoms with van der Waals surface area (Å²) in [6.07, 6.45) is 3.77. The van der Waals surface area contributed by atoms with Gasteiger partial charge in [-0.1, -0.05) is 18.2 Å². The van der Waals surface area contributed by atoms with Gasteiger partial charge in [-0.05, 0) is 31.5 Å². The average molecular weight is 216 g/mol. The molecule has 0 spiro atoms. The first-order valence-electron chi connectivity index (χ1n) is 5.58. The molecule has 1 aromatic carbocycles. The summed E-state index contributed by atoms with van der Waals surface area (Å²) in [5, 5.41) is 1.11. The zero-order chi connectivity index (χ0) is 11.2. The molecule has 0 saturated carbocycles. The van der Waals surface area contributed by atoms with Crippen molar-refractivity contribution in [3.8, 4) is 5.75 Å². The topological polar surface area (TPSA) is 48.1 Å². The van der Waals surface area contributed by atoms with E-state index in [9.17, 15) is 0 Å². The number of aromatic nitrogens is 1. The quantitative estimate of drug-likeness (QED) is 0.780. The van der Waals surface area contributed by atoms with Crippen LogP contribution >= 0.6 is 0 Å². The van der Waals surface area contributed by atoms with E-state index in [1.807, 2.05) is 30.3 Å². The van der Waals surface area contributed by atoms with Crippen LogP contribution in [0.25, 0.3) is 10.9 Å². The maximum absolute atomic E-state index is 5.70. The van der Waals surface area contributed by atoms with Crippen LogP contribution in [0, 0.1) is 0 Å². The van der Waals surface area contributed by atoms with Crippen LogP contribution in [0.4, 0.5) is 0 Å². The van der Waals surface area contributed by atoms with Crippen molar-refractivity contribution in [3.63, 3.8) is 0 Å². The van der Waals surface area contributed by atoms with Gasteiger partial charge in [0.2, 0.25) is 0 Å². The molecular weight excluding hydrogens is 200 g/mol. The van der Waals surface area contributed by atoms with Gasteiger partial charge in [-0.3, -0.25) is 4.98 Å². The maximum atomic E-state index is 5.70. The Balaban J connectivity index is 2.11. The van der Waals surface area contributed by atoms with E-state index in [2.05, 4.69) is 4.98 Å². The molecule has 2 rings (SSSR count). The number of hydrogen-bond donors (Lipinski definition) is 1. The Morgan fingerprint density at radius 3 is 2.88 bits per heavy atom. The lowest BCUT2D eigenvalue weighted by atomic mass is 10.2. The molecule has 0 aliphatic heterocycles. The van der Waals surface area contributed by atoms with E-state index in [4.69, 9.17) is 10.5 Å². The van der Waals surface area contributed by atoms with Gasteiger partial charge in [0.1, 0.15) is 11.3 Å². The molecule has 1 heterocycles. The number of pyridine rings is 1. The molecule has 0 atom stereocenters. The number of benzene rings is 1. The van der Waals surface area contributed by atoms with Gasteiger partial charge in [0.25, 0.3) is 0 Å². The molecule has 0 bridgehead atoms. The Labute approximate surface area is 95.2 Å². The van der Waals surface area contributed by atoms with E-state index in [0.29, 0.717) is 6.61 Å². The Morgan fingerprint density at radius 1 is 1.12 bits per heavy atom. The molecule has 1 aromatic heterocycles. The fraction of sp³-hybridized carbons (Fsp3) is 0.308. The average Bonchev–Trinajstić information content (AvgIpc) is 2.35. The van der Waals surface area contributed by atoms with Crippen molar-refractivity contribution in [2.45, 2.75) is 12.8 Å². The predicted octanol–water partition coefficient (Wildman–Crippen LogP) is 2.35. The highest BCUT2D eigenvalue weighted by Gasteiger charge is 2.01. The largest absolute Gasteiger partial charge is 0.491 e. The summed E-state index contributed by atoms with van der Waals surface area (Å²) in [6, 6.07) is 9.95. The Hall–Kier alpha value is -1.61. The monoisotopic (exact) mass is 216 g/mol. The van der Waals surface area contributed by atoms with E-state index in [1.54, 1.807) is 6.20 Å². The van der Waals surface area contributed by atoms with Crippen molar-refractivity contribution < 1.29 is 4.74 Å². The molecule has 2 N–H and O–H groups in total. The Morgan fingerprint density at radius 2 is 2.00 bits per heavy atom. The normalized spacial score (nSPS) is 10.6. The minimum absolute atomic E-state index is 0.701. The second-order valence-corrected chi connectivity index (χ2v) is 3.68.